The van der Waals surface area contributed by atoms with Gasteiger partial charge in [-0.1, -0.05) is 24.3 Å². The topological polar surface area (TPSA) is 47.4 Å². The summed E-state index contributed by atoms with van der Waals surface area (Å²) in [5.41, 5.74) is 3.56. The van der Waals surface area contributed by atoms with Crippen LogP contribution in [0.25, 0.3) is 11.0 Å². The number of benzene rings is 2. The minimum Gasteiger partial charge on any atom is -0.497 e. The lowest BCUT2D eigenvalue weighted by Crippen LogP contribution is -2.30. The third kappa shape index (κ3) is 2.99. The summed E-state index contributed by atoms with van der Waals surface area (Å²) in [5, 5.41) is 0. The van der Waals surface area contributed by atoms with Gasteiger partial charge in [0.25, 0.3) is 5.56 Å². The molecule has 1 aliphatic rings. The highest BCUT2D eigenvalue weighted by Crippen LogP contribution is 2.34. The molecule has 4 rings (SSSR count). The summed E-state index contributed by atoms with van der Waals surface area (Å²) >= 11 is 0. The Kier molecular flexibility index (Phi) is 4.47. The van der Waals surface area contributed by atoms with Crippen molar-refractivity contribution in [3.05, 3.63) is 70.1 Å². The molecule has 0 N–H and O–H groups in total. The normalized spacial score (nSPS) is 17.7. The molecule has 1 fully saturated rings. The highest BCUT2D eigenvalue weighted by atomic mass is 16.5. The molecule has 3 aromatic rings. The van der Waals surface area contributed by atoms with Gasteiger partial charge in [0, 0.05) is 19.6 Å². The van der Waals surface area contributed by atoms with E-state index in [1.807, 2.05) is 43.4 Å². The van der Waals surface area contributed by atoms with Crippen LogP contribution in [0.4, 0.5) is 0 Å². The van der Waals surface area contributed by atoms with Gasteiger partial charge in [0.15, 0.2) is 0 Å². The van der Waals surface area contributed by atoms with Crippen molar-refractivity contribution in [1.82, 2.24) is 14.5 Å². The molecule has 2 heterocycles. The molecule has 0 spiro atoms. The first-order valence-electron chi connectivity index (χ1n) is 9.00. The van der Waals surface area contributed by atoms with Crippen LogP contribution in [0.15, 0.2) is 53.3 Å². The van der Waals surface area contributed by atoms with E-state index in [-0.39, 0.29) is 5.56 Å². The van der Waals surface area contributed by atoms with E-state index in [4.69, 9.17) is 4.74 Å². The molecule has 2 aromatic carbocycles. The van der Waals surface area contributed by atoms with Crippen LogP contribution in [0, 0.1) is 0 Å². The van der Waals surface area contributed by atoms with Gasteiger partial charge in [-0.15, -0.1) is 0 Å². The molecule has 1 aliphatic heterocycles. The summed E-state index contributed by atoms with van der Waals surface area (Å²) < 4.78 is 7.07. The zero-order valence-corrected chi connectivity index (χ0v) is 15.2. The fraction of sp³-hybridized carbons (Fsp3) is 0.333. The molecule has 0 amide bonds. The Morgan fingerprint density at radius 1 is 1.19 bits per heavy atom. The maximum absolute atomic E-state index is 12.8. The second-order valence-electron chi connectivity index (χ2n) is 6.82. The molecule has 0 unspecified atom stereocenters. The van der Waals surface area contributed by atoms with Gasteiger partial charge in [-0.05, 0) is 49.2 Å². The van der Waals surface area contributed by atoms with Crippen molar-refractivity contribution in [3.63, 3.8) is 0 Å². The minimum atomic E-state index is -0.0139. The molecule has 1 atom stereocenters. The van der Waals surface area contributed by atoms with Crippen molar-refractivity contribution in [2.75, 3.05) is 13.7 Å². The number of likely N-dealkylation sites (tertiary alicyclic amines) is 1. The van der Waals surface area contributed by atoms with Crippen molar-refractivity contribution in [2.24, 2.45) is 7.05 Å². The Bertz CT molecular complexity index is 996. The van der Waals surface area contributed by atoms with Gasteiger partial charge in [0.05, 0.1) is 18.1 Å². The van der Waals surface area contributed by atoms with Crippen LogP contribution in [0.2, 0.25) is 0 Å². The Labute approximate surface area is 152 Å². The van der Waals surface area contributed by atoms with Crippen LogP contribution < -0.4 is 10.3 Å². The van der Waals surface area contributed by atoms with Crippen LogP contribution in [-0.2, 0) is 13.6 Å². The molecule has 1 saturated heterocycles. The predicted octanol–water partition coefficient (Wildman–Crippen LogP) is 3.28. The van der Waals surface area contributed by atoms with E-state index in [1.165, 1.54) is 5.56 Å². The number of methoxy groups -OCH3 is 1. The van der Waals surface area contributed by atoms with Gasteiger partial charge in [-0.25, -0.2) is 4.98 Å². The van der Waals surface area contributed by atoms with Gasteiger partial charge >= 0.3 is 0 Å². The van der Waals surface area contributed by atoms with E-state index < -0.39 is 0 Å². The maximum atomic E-state index is 12.8. The second kappa shape index (κ2) is 6.92. The first-order valence-corrected chi connectivity index (χ1v) is 9.00. The summed E-state index contributed by atoms with van der Waals surface area (Å²) in [6.45, 7) is 1.54. The van der Waals surface area contributed by atoms with Crippen molar-refractivity contribution in [1.29, 1.82) is 0 Å². The highest BCUT2D eigenvalue weighted by molar-refractivity contribution is 5.74. The second-order valence-corrected chi connectivity index (χ2v) is 6.82. The van der Waals surface area contributed by atoms with Gasteiger partial charge in [-0.3, -0.25) is 9.69 Å². The molecule has 0 bridgehead atoms. The third-order valence-corrected chi connectivity index (χ3v) is 5.25. The monoisotopic (exact) mass is 349 g/mol. The van der Waals surface area contributed by atoms with Gasteiger partial charge in [0.1, 0.15) is 11.4 Å². The van der Waals surface area contributed by atoms with Gasteiger partial charge in [0.2, 0.25) is 0 Å². The number of aryl methyl sites for hydroxylation is 1. The number of hydrogen-bond donors (Lipinski definition) is 0. The molecule has 5 heteroatoms. The first-order chi connectivity index (χ1) is 12.7. The lowest BCUT2D eigenvalue weighted by molar-refractivity contribution is 0.244. The fourth-order valence-electron chi connectivity index (χ4n) is 3.88. The number of fused-ring (bicyclic) bond motifs is 1. The maximum Gasteiger partial charge on any atom is 0.273 e. The summed E-state index contributed by atoms with van der Waals surface area (Å²) in [6, 6.07) is 16.3. The molecular weight excluding hydrogens is 326 g/mol. The Balaban J connectivity index is 1.67. The molecule has 1 aromatic heterocycles. The third-order valence-electron chi connectivity index (χ3n) is 5.25. The molecule has 0 saturated carbocycles. The molecule has 0 radical (unpaired) electrons. The van der Waals surface area contributed by atoms with Crippen LogP contribution >= 0.6 is 0 Å². The Morgan fingerprint density at radius 2 is 2.04 bits per heavy atom. The van der Waals surface area contributed by atoms with Crippen molar-refractivity contribution in [2.45, 2.75) is 25.4 Å². The largest absolute Gasteiger partial charge is 0.497 e. The number of ether oxygens (including phenoxy) is 1. The van der Waals surface area contributed by atoms with Crippen molar-refractivity contribution >= 4 is 11.0 Å². The average Bonchev–Trinajstić information content (AvgIpc) is 3.14. The van der Waals surface area contributed by atoms with Gasteiger partial charge in [-0.2, -0.15) is 0 Å². The average molecular weight is 349 g/mol. The van der Waals surface area contributed by atoms with Gasteiger partial charge < -0.3 is 9.30 Å². The number of para-hydroxylation sites is 2. The van der Waals surface area contributed by atoms with Crippen LogP contribution in [0.3, 0.4) is 0 Å². The zero-order chi connectivity index (χ0) is 18.1. The summed E-state index contributed by atoms with van der Waals surface area (Å²) in [5.74, 6) is 0.870. The summed E-state index contributed by atoms with van der Waals surface area (Å²) in [4.78, 5) is 19.8. The molecule has 134 valence electrons. The number of aromatic nitrogens is 2. The first kappa shape index (κ1) is 16.8. The Hall–Kier alpha value is -2.66. The van der Waals surface area contributed by atoms with Crippen LogP contribution in [-0.4, -0.2) is 28.1 Å². The van der Waals surface area contributed by atoms with E-state index in [1.54, 1.807) is 11.7 Å². The minimum absolute atomic E-state index is 0.0139. The number of hydrogen-bond acceptors (Lipinski definition) is 4. The molecule has 5 nitrogen and oxygen atoms in total. The quantitative estimate of drug-likeness (QED) is 0.725. The van der Waals surface area contributed by atoms with Crippen molar-refractivity contribution in [3.8, 4) is 5.75 Å². The predicted molar refractivity (Wildman–Crippen MR) is 102 cm³/mol. The lowest BCUT2D eigenvalue weighted by Gasteiger charge is -2.25. The van der Waals surface area contributed by atoms with E-state index in [2.05, 4.69) is 22.0 Å². The number of rotatable bonds is 4. The zero-order valence-electron chi connectivity index (χ0n) is 15.2. The lowest BCUT2D eigenvalue weighted by atomic mass is 10.0. The molecular formula is C21H23N3O2. The summed E-state index contributed by atoms with van der Waals surface area (Å²) in [7, 11) is 3.51. The van der Waals surface area contributed by atoms with Crippen LogP contribution in [0.5, 0.6) is 5.75 Å². The molecule has 26 heavy (non-hydrogen) atoms. The Morgan fingerprint density at radius 3 is 2.88 bits per heavy atom. The van der Waals surface area contributed by atoms with Crippen molar-refractivity contribution < 1.29 is 4.74 Å². The SMILES string of the molecule is COc1cccc([C@H]2CCCN2Cc2nc3ccccc3n(C)c2=O)c1. The smallest absolute Gasteiger partial charge is 0.273 e. The number of nitrogens with zero attached hydrogens (tertiary/aromatic N) is 3. The summed E-state index contributed by atoms with van der Waals surface area (Å²) in [6.07, 6.45) is 2.21. The highest BCUT2D eigenvalue weighted by Gasteiger charge is 2.27. The molecule has 0 aliphatic carbocycles. The van der Waals surface area contributed by atoms with E-state index in [0.717, 1.165) is 36.2 Å². The standard InChI is InChI=1S/C21H23N3O2/c1-23-20-10-4-3-9-17(20)22-18(21(23)25)14-24-12-6-11-19(24)15-7-5-8-16(13-15)26-2/h3-5,7-10,13,19H,6,11-12,14H2,1-2H3/t19-/m1/s1. The van der Waals surface area contributed by atoms with E-state index in [9.17, 15) is 4.79 Å². The fourth-order valence-corrected chi connectivity index (χ4v) is 3.88. The van der Waals surface area contributed by atoms with Crippen LogP contribution in [0.1, 0.15) is 30.1 Å². The van der Waals surface area contributed by atoms with E-state index >= 15 is 0 Å². The van der Waals surface area contributed by atoms with E-state index in [0.29, 0.717) is 18.3 Å².